The number of hydrogen-bond donors (Lipinski definition) is 0. The molecule has 5 atom stereocenters. The van der Waals surface area contributed by atoms with E-state index in [2.05, 4.69) is 11.7 Å². The van der Waals surface area contributed by atoms with E-state index in [4.69, 9.17) is 0 Å². The van der Waals surface area contributed by atoms with Gasteiger partial charge in [0.25, 0.3) is 0 Å². The van der Waals surface area contributed by atoms with Gasteiger partial charge in [-0.05, 0) is 56.3 Å². The number of alkyl halides is 6. The topological polar surface area (TPSA) is 9.23 Å². The molecule has 1 nitrogen and oxygen atoms in total. The second-order valence-corrected chi connectivity index (χ2v) is 8.96. The van der Waals surface area contributed by atoms with E-state index >= 15 is 0 Å². The highest BCUT2D eigenvalue weighted by Gasteiger charge is 2.56. The molecular weight excluding hydrogens is 370 g/mol. The van der Waals surface area contributed by atoms with Gasteiger partial charge in [-0.3, -0.25) is 0 Å². The molecule has 0 radical (unpaired) electrons. The minimum absolute atomic E-state index is 0.0688. The molecule has 158 valence electrons. The van der Waals surface area contributed by atoms with Crippen molar-refractivity contribution in [2.45, 2.75) is 102 Å². The summed E-state index contributed by atoms with van der Waals surface area (Å²) in [6, 6.07) is 0. The van der Waals surface area contributed by atoms with Gasteiger partial charge >= 0.3 is 6.11 Å². The summed E-state index contributed by atoms with van der Waals surface area (Å²) in [5, 5.41) is 0. The minimum Gasteiger partial charge on any atom is -0.317 e. The Kier molecular flexibility index (Phi) is 6.69. The first-order valence-electron chi connectivity index (χ1n) is 10.3. The lowest BCUT2D eigenvalue weighted by Gasteiger charge is -2.43. The van der Waals surface area contributed by atoms with Crippen molar-refractivity contribution in [2.24, 2.45) is 23.7 Å². The zero-order chi connectivity index (χ0) is 19.8. The third-order valence-electron chi connectivity index (χ3n) is 6.92. The molecule has 27 heavy (non-hydrogen) atoms. The average molecular weight is 400 g/mol. The number of halogens is 6. The largest absolute Gasteiger partial charge is 0.364 e. The van der Waals surface area contributed by atoms with E-state index in [9.17, 15) is 26.3 Å². The molecule has 7 heteroatoms. The van der Waals surface area contributed by atoms with Gasteiger partial charge in [0.2, 0.25) is 0 Å². The maximum Gasteiger partial charge on any atom is 0.364 e. The summed E-state index contributed by atoms with van der Waals surface area (Å²) in [6.07, 6.45) is -9.89. The average Bonchev–Trinajstić information content (AvgIpc) is 2.57. The second kappa shape index (κ2) is 8.50. The van der Waals surface area contributed by atoms with Gasteiger partial charge in [0, 0.05) is 6.42 Å². The van der Waals surface area contributed by atoms with Crippen molar-refractivity contribution in [1.82, 2.24) is 0 Å². The normalized spacial score (nSPS) is 47.0. The first-order valence-corrected chi connectivity index (χ1v) is 10.3. The third-order valence-corrected chi connectivity index (χ3v) is 6.92. The van der Waals surface area contributed by atoms with E-state index in [1.54, 1.807) is 0 Å². The Balaban J connectivity index is 1.59. The van der Waals surface area contributed by atoms with Crippen molar-refractivity contribution >= 4 is 0 Å². The lowest BCUT2D eigenvalue weighted by molar-refractivity contribution is -0.321. The molecule has 3 fully saturated rings. The minimum atomic E-state index is -4.02. The lowest BCUT2D eigenvalue weighted by atomic mass is 9.68. The van der Waals surface area contributed by atoms with Gasteiger partial charge in [-0.15, -0.1) is 0 Å². The standard InChI is InChI=1S/C20H30F6O/c1-11-2-4-12(5-3-11)13-8-17(23)19(18(24)9-13)20(25,26)27-14-6-7-15(21)16(22)10-14/h11-19H,2-10H2,1H3. The van der Waals surface area contributed by atoms with Gasteiger partial charge in [0.1, 0.15) is 30.6 Å². The van der Waals surface area contributed by atoms with E-state index in [-0.39, 0.29) is 37.5 Å². The van der Waals surface area contributed by atoms with Crippen LogP contribution in [0.4, 0.5) is 26.3 Å². The zero-order valence-electron chi connectivity index (χ0n) is 15.7. The molecule has 0 bridgehead atoms. The van der Waals surface area contributed by atoms with Crippen molar-refractivity contribution in [3.8, 4) is 0 Å². The fraction of sp³-hybridized carbons (Fsp3) is 1.00. The van der Waals surface area contributed by atoms with Crippen LogP contribution in [0.3, 0.4) is 0 Å². The summed E-state index contributed by atoms with van der Waals surface area (Å²) < 4.78 is 89.6. The van der Waals surface area contributed by atoms with Crippen LogP contribution < -0.4 is 0 Å². The number of hydrogen-bond acceptors (Lipinski definition) is 1. The smallest absolute Gasteiger partial charge is 0.317 e. The fourth-order valence-corrected chi connectivity index (χ4v) is 5.21. The zero-order valence-corrected chi connectivity index (χ0v) is 15.7. The van der Waals surface area contributed by atoms with Crippen LogP contribution in [0, 0.1) is 23.7 Å². The molecule has 0 aromatic carbocycles. The SMILES string of the molecule is CC1CCC(C2CC(F)C(C(F)(F)OC3CCC(F)C(F)C3)C(F)C2)CC1. The van der Waals surface area contributed by atoms with Crippen LogP contribution in [-0.2, 0) is 4.74 Å². The maximum atomic E-state index is 14.6. The fourth-order valence-electron chi connectivity index (χ4n) is 5.21. The van der Waals surface area contributed by atoms with Gasteiger partial charge in [0.15, 0.2) is 0 Å². The molecule has 3 aliphatic rings. The van der Waals surface area contributed by atoms with Gasteiger partial charge in [-0.1, -0.05) is 19.8 Å². The van der Waals surface area contributed by atoms with E-state index in [1.165, 1.54) is 0 Å². The Bertz CT molecular complexity index is 469. The Hall–Kier alpha value is -0.460. The molecule has 3 saturated carbocycles. The molecule has 3 rings (SSSR count). The highest BCUT2D eigenvalue weighted by molar-refractivity contribution is 4.94. The summed E-state index contributed by atoms with van der Waals surface area (Å²) in [4.78, 5) is 0. The maximum absolute atomic E-state index is 14.6. The summed E-state index contributed by atoms with van der Waals surface area (Å²) in [6.45, 7) is 2.15. The number of rotatable bonds is 4. The van der Waals surface area contributed by atoms with Gasteiger partial charge < -0.3 is 4.74 Å². The van der Waals surface area contributed by atoms with Crippen molar-refractivity contribution in [2.75, 3.05) is 0 Å². The Morgan fingerprint density at radius 3 is 1.81 bits per heavy atom. The summed E-state index contributed by atoms with van der Waals surface area (Å²) in [5.41, 5.74) is 0. The van der Waals surface area contributed by atoms with Crippen molar-refractivity contribution < 1.29 is 31.1 Å². The molecule has 0 aromatic rings. The van der Waals surface area contributed by atoms with Gasteiger partial charge in [-0.25, -0.2) is 17.6 Å². The van der Waals surface area contributed by atoms with Crippen LogP contribution in [0.15, 0.2) is 0 Å². The molecule has 0 heterocycles. The van der Waals surface area contributed by atoms with E-state index < -0.39 is 49.2 Å². The van der Waals surface area contributed by atoms with Crippen molar-refractivity contribution in [3.05, 3.63) is 0 Å². The van der Waals surface area contributed by atoms with Crippen LogP contribution in [0.2, 0.25) is 0 Å². The molecule has 3 aliphatic carbocycles. The quantitative estimate of drug-likeness (QED) is 0.500. The first-order chi connectivity index (χ1) is 12.7. The predicted octanol–water partition coefficient (Wildman–Crippen LogP) is 6.35. The Morgan fingerprint density at radius 1 is 0.667 bits per heavy atom. The lowest BCUT2D eigenvalue weighted by Crippen LogP contribution is -2.51. The van der Waals surface area contributed by atoms with Crippen molar-refractivity contribution in [1.29, 1.82) is 0 Å². The highest BCUT2D eigenvalue weighted by atomic mass is 19.3. The molecule has 0 N–H and O–H groups in total. The van der Waals surface area contributed by atoms with Crippen LogP contribution in [0.1, 0.15) is 64.7 Å². The molecule has 0 aliphatic heterocycles. The van der Waals surface area contributed by atoms with Crippen molar-refractivity contribution in [3.63, 3.8) is 0 Å². The van der Waals surface area contributed by atoms with E-state index in [0.29, 0.717) is 5.92 Å². The molecule has 0 spiro atoms. The van der Waals surface area contributed by atoms with Crippen LogP contribution in [-0.4, -0.2) is 36.9 Å². The molecule has 0 aromatic heterocycles. The monoisotopic (exact) mass is 400 g/mol. The summed E-state index contributed by atoms with van der Waals surface area (Å²) >= 11 is 0. The first kappa shape index (κ1) is 21.3. The second-order valence-electron chi connectivity index (χ2n) is 8.96. The highest BCUT2D eigenvalue weighted by Crippen LogP contribution is 2.48. The Labute approximate surface area is 157 Å². The van der Waals surface area contributed by atoms with Crippen LogP contribution >= 0.6 is 0 Å². The molecular formula is C20H30F6O. The molecule has 0 amide bonds. The number of ether oxygens (including phenoxy) is 1. The summed E-state index contributed by atoms with van der Waals surface area (Å²) in [5.74, 6) is -1.58. The molecule has 0 saturated heterocycles. The van der Waals surface area contributed by atoms with E-state index in [1.807, 2.05) is 0 Å². The van der Waals surface area contributed by atoms with Gasteiger partial charge in [0.05, 0.1) is 6.10 Å². The van der Waals surface area contributed by atoms with Crippen LogP contribution in [0.5, 0.6) is 0 Å². The van der Waals surface area contributed by atoms with Gasteiger partial charge in [-0.2, -0.15) is 8.78 Å². The van der Waals surface area contributed by atoms with E-state index in [0.717, 1.165) is 25.7 Å². The summed E-state index contributed by atoms with van der Waals surface area (Å²) in [7, 11) is 0. The van der Waals surface area contributed by atoms with Crippen LogP contribution in [0.25, 0.3) is 0 Å². The third kappa shape index (κ3) is 4.94. The molecule has 5 unspecified atom stereocenters. The Morgan fingerprint density at radius 2 is 1.26 bits per heavy atom. The predicted molar refractivity (Wildman–Crippen MR) is 90.6 cm³/mol.